The van der Waals surface area contributed by atoms with Crippen LogP contribution in [0.4, 0.5) is 10.1 Å². The lowest BCUT2D eigenvalue weighted by Gasteiger charge is -2.26. The van der Waals surface area contributed by atoms with Crippen molar-refractivity contribution >= 4 is 45.0 Å². The number of halogens is 2. The van der Waals surface area contributed by atoms with Crippen LogP contribution < -0.4 is 19.6 Å². The summed E-state index contributed by atoms with van der Waals surface area (Å²) in [5.41, 5.74) is 0.362. The van der Waals surface area contributed by atoms with Gasteiger partial charge >= 0.3 is 11.7 Å². The molecule has 42 heavy (non-hydrogen) atoms. The van der Waals surface area contributed by atoms with Crippen molar-refractivity contribution < 1.29 is 28.0 Å². The smallest absolute Gasteiger partial charge is 0.338 e. The quantitative estimate of drug-likeness (QED) is 0.151. The number of carbonyl (C=O) groups excluding carboxylic acids is 1. The standard InChI is InChI=1S/C29H23BrFN3O7S/c1-14(2)40-28(36)25-15(3)32-29-33(26(25)19-12-17(30)6-9-23(19)39-4)27(35)24(42-29)13-18-7-10-22(41-18)16-5-8-20(31)21(11-16)34(37)38/h5-14,26H,1-4H3/b24-13-/t26-/m1/s1. The predicted molar refractivity (Wildman–Crippen MR) is 156 cm³/mol. The number of hydrogen-bond acceptors (Lipinski definition) is 9. The Bertz CT molecular complexity index is 1960. The second-order valence-electron chi connectivity index (χ2n) is 9.55. The Kier molecular flexibility index (Phi) is 7.97. The molecule has 0 radical (unpaired) electrons. The minimum atomic E-state index is -0.958. The molecule has 13 heteroatoms. The van der Waals surface area contributed by atoms with Crippen molar-refractivity contribution in [3.8, 4) is 17.1 Å². The van der Waals surface area contributed by atoms with Gasteiger partial charge in [0.05, 0.1) is 33.9 Å². The number of carbonyl (C=O) groups is 1. The number of nitro groups is 1. The van der Waals surface area contributed by atoms with E-state index in [4.69, 9.17) is 13.9 Å². The highest BCUT2D eigenvalue weighted by Gasteiger charge is 2.35. The number of furan rings is 1. The monoisotopic (exact) mass is 655 g/mol. The van der Waals surface area contributed by atoms with Crippen molar-refractivity contribution in [2.45, 2.75) is 32.9 Å². The Hall–Kier alpha value is -4.36. The maximum atomic E-state index is 13.9. The van der Waals surface area contributed by atoms with Crippen LogP contribution in [-0.4, -0.2) is 28.7 Å². The zero-order valence-corrected chi connectivity index (χ0v) is 25.1. The zero-order chi connectivity index (χ0) is 30.3. The van der Waals surface area contributed by atoms with E-state index in [0.717, 1.165) is 27.9 Å². The van der Waals surface area contributed by atoms with Crippen molar-refractivity contribution in [2.75, 3.05) is 7.11 Å². The van der Waals surface area contributed by atoms with Crippen LogP contribution in [0.3, 0.4) is 0 Å². The first kappa shape index (κ1) is 29.1. The van der Waals surface area contributed by atoms with E-state index in [-0.39, 0.29) is 21.6 Å². The van der Waals surface area contributed by atoms with Gasteiger partial charge in [-0.2, -0.15) is 4.39 Å². The van der Waals surface area contributed by atoms with Gasteiger partial charge in [-0.3, -0.25) is 19.5 Å². The number of ether oxygens (including phenoxy) is 2. The van der Waals surface area contributed by atoms with Crippen LogP contribution in [0.15, 0.2) is 78.5 Å². The number of fused-ring (bicyclic) bond motifs is 1. The van der Waals surface area contributed by atoms with Crippen LogP contribution in [-0.2, 0) is 9.53 Å². The molecule has 0 unspecified atom stereocenters. The second-order valence-corrected chi connectivity index (χ2v) is 11.5. The molecule has 0 fully saturated rings. The minimum absolute atomic E-state index is 0.206. The summed E-state index contributed by atoms with van der Waals surface area (Å²) in [4.78, 5) is 42.5. The maximum Gasteiger partial charge on any atom is 0.338 e. The number of esters is 1. The SMILES string of the molecule is COc1ccc(Br)cc1[C@@H]1C(C(=O)OC(C)C)=C(C)N=c2s/c(=C\c3ccc(-c4ccc(F)c([N+](=O)[O-])c4)o3)c(=O)n21. The van der Waals surface area contributed by atoms with Gasteiger partial charge in [-0.15, -0.1) is 0 Å². The molecule has 1 atom stereocenters. The molecule has 0 saturated heterocycles. The molecule has 216 valence electrons. The molecule has 0 amide bonds. The summed E-state index contributed by atoms with van der Waals surface area (Å²) in [6, 6.07) is 11.0. The van der Waals surface area contributed by atoms with Gasteiger partial charge in [0.15, 0.2) is 4.80 Å². The fraction of sp³-hybridized carbons (Fsp3) is 0.207. The first-order valence-electron chi connectivity index (χ1n) is 12.6. The number of thiazole rings is 1. The topological polar surface area (TPSA) is 126 Å². The van der Waals surface area contributed by atoms with E-state index in [1.54, 1.807) is 51.1 Å². The molecular formula is C29H23BrFN3O7S. The molecule has 4 aromatic rings. The van der Waals surface area contributed by atoms with Gasteiger partial charge in [0, 0.05) is 27.7 Å². The van der Waals surface area contributed by atoms with E-state index in [1.807, 2.05) is 0 Å². The molecule has 5 rings (SSSR count). The highest BCUT2D eigenvalue weighted by atomic mass is 79.9. The number of methoxy groups -OCH3 is 1. The summed E-state index contributed by atoms with van der Waals surface area (Å²) in [7, 11) is 1.50. The van der Waals surface area contributed by atoms with Gasteiger partial charge in [-0.25, -0.2) is 9.79 Å². The lowest BCUT2D eigenvalue weighted by Crippen LogP contribution is -2.40. The van der Waals surface area contributed by atoms with Gasteiger partial charge < -0.3 is 13.9 Å². The Balaban J connectivity index is 1.65. The van der Waals surface area contributed by atoms with Crippen molar-refractivity contribution in [1.29, 1.82) is 0 Å². The third kappa shape index (κ3) is 5.44. The number of hydrogen-bond donors (Lipinski definition) is 0. The first-order chi connectivity index (χ1) is 20.0. The van der Waals surface area contributed by atoms with Crippen molar-refractivity contribution in [1.82, 2.24) is 4.57 Å². The molecule has 2 aromatic heterocycles. The summed E-state index contributed by atoms with van der Waals surface area (Å²) in [5.74, 6) is -0.555. The lowest BCUT2D eigenvalue weighted by molar-refractivity contribution is -0.387. The zero-order valence-electron chi connectivity index (χ0n) is 22.7. The first-order valence-corrected chi connectivity index (χ1v) is 14.2. The van der Waals surface area contributed by atoms with Crippen LogP contribution >= 0.6 is 27.3 Å². The van der Waals surface area contributed by atoms with E-state index in [0.29, 0.717) is 27.4 Å². The number of nitro benzene ring substituents is 1. The molecule has 0 saturated carbocycles. The molecule has 1 aliphatic rings. The second kappa shape index (κ2) is 11.5. The van der Waals surface area contributed by atoms with E-state index in [1.165, 1.54) is 23.8 Å². The third-order valence-corrected chi connectivity index (χ3v) is 7.87. The van der Waals surface area contributed by atoms with Crippen LogP contribution in [0.1, 0.15) is 38.1 Å². The molecule has 3 heterocycles. The van der Waals surface area contributed by atoms with Crippen LogP contribution in [0.2, 0.25) is 0 Å². The molecule has 1 aliphatic heterocycles. The highest BCUT2D eigenvalue weighted by Crippen LogP contribution is 2.37. The largest absolute Gasteiger partial charge is 0.496 e. The Labute approximate surface area is 250 Å². The molecular weight excluding hydrogens is 633 g/mol. The molecule has 0 aliphatic carbocycles. The van der Waals surface area contributed by atoms with Crippen LogP contribution in [0, 0.1) is 15.9 Å². The van der Waals surface area contributed by atoms with Crippen molar-refractivity contribution in [3.63, 3.8) is 0 Å². The van der Waals surface area contributed by atoms with E-state index in [2.05, 4.69) is 20.9 Å². The molecule has 0 N–H and O–H groups in total. The van der Waals surface area contributed by atoms with Gasteiger partial charge in [0.25, 0.3) is 5.56 Å². The molecule has 0 spiro atoms. The minimum Gasteiger partial charge on any atom is -0.496 e. The van der Waals surface area contributed by atoms with Crippen molar-refractivity contribution in [2.24, 2.45) is 4.99 Å². The fourth-order valence-corrected chi connectivity index (χ4v) is 6.00. The average molecular weight is 656 g/mol. The number of benzene rings is 2. The fourth-order valence-electron chi connectivity index (χ4n) is 4.59. The molecule has 0 bridgehead atoms. The molecule has 10 nitrogen and oxygen atoms in total. The summed E-state index contributed by atoms with van der Waals surface area (Å²) in [5, 5.41) is 11.2. The van der Waals surface area contributed by atoms with E-state index in [9.17, 15) is 24.1 Å². The van der Waals surface area contributed by atoms with Gasteiger partial charge in [0.2, 0.25) is 5.82 Å². The Morgan fingerprint density at radius 1 is 1.24 bits per heavy atom. The summed E-state index contributed by atoms with van der Waals surface area (Å²) >= 11 is 4.59. The average Bonchev–Trinajstić information content (AvgIpc) is 3.51. The Morgan fingerprint density at radius 3 is 2.69 bits per heavy atom. The van der Waals surface area contributed by atoms with Gasteiger partial charge in [-0.1, -0.05) is 27.3 Å². The van der Waals surface area contributed by atoms with Crippen LogP contribution in [0.5, 0.6) is 5.75 Å². The Morgan fingerprint density at radius 2 is 2.00 bits per heavy atom. The summed E-state index contributed by atoms with van der Waals surface area (Å²) < 4.78 is 33.2. The number of rotatable bonds is 7. The summed E-state index contributed by atoms with van der Waals surface area (Å²) in [6.07, 6.45) is 1.12. The number of nitrogens with zero attached hydrogens (tertiary/aromatic N) is 3. The number of aromatic nitrogens is 1. The van der Waals surface area contributed by atoms with Crippen LogP contribution in [0.25, 0.3) is 17.4 Å². The van der Waals surface area contributed by atoms with E-state index < -0.39 is 40.1 Å². The predicted octanol–water partition coefficient (Wildman–Crippen LogP) is 5.27. The maximum absolute atomic E-state index is 13.9. The normalized spacial score (nSPS) is 15.0. The third-order valence-electron chi connectivity index (χ3n) is 6.40. The van der Waals surface area contributed by atoms with Gasteiger partial charge in [-0.05, 0) is 63.2 Å². The van der Waals surface area contributed by atoms with Crippen molar-refractivity contribution in [3.05, 3.63) is 111 Å². The number of allylic oxidation sites excluding steroid dienone is 1. The highest BCUT2D eigenvalue weighted by molar-refractivity contribution is 9.10. The van der Waals surface area contributed by atoms with E-state index >= 15 is 0 Å². The van der Waals surface area contributed by atoms with Gasteiger partial charge in [0.1, 0.15) is 23.3 Å². The summed E-state index contributed by atoms with van der Waals surface area (Å²) in [6.45, 7) is 5.16. The lowest BCUT2D eigenvalue weighted by atomic mass is 9.95. The molecule has 2 aromatic carbocycles.